The predicted octanol–water partition coefficient (Wildman–Crippen LogP) is 2.92. The Bertz CT molecular complexity index is 307. The summed E-state index contributed by atoms with van der Waals surface area (Å²) in [5.74, 6) is 0. The smallest absolute Gasteiger partial charge is 0.314 e. The van der Waals surface area contributed by atoms with Crippen LogP contribution >= 0.6 is 0 Å². The number of hydrogen-bond donors (Lipinski definition) is 1. The minimum atomic E-state index is -4.30. The van der Waals surface area contributed by atoms with Crippen LogP contribution in [0.1, 0.15) is 18.1 Å². The van der Waals surface area contributed by atoms with Gasteiger partial charge >= 0.3 is 6.18 Å². The summed E-state index contributed by atoms with van der Waals surface area (Å²) in [7, 11) is 0. The van der Waals surface area contributed by atoms with Crippen molar-refractivity contribution in [2.45, 2.75) is 19.6 Å². The van der Waals surface area contributed by atoms with Gasteiger partial charge in [-0.1, -0.05) is 19.1 Å². The van der Waals surface area contributed by atoms with E-state index in [1.807, 2.05) is 0 Å². The van der Waals surface area contributed by atoms with E-state index in [-0.39, 0.29) is 6.54 Å². The minimum absolute atomic E-state index is 0.231. The molecule has 0 radical (unpaired) electrons. The number of rotatable bonds is 3. The van der Waals surface area contributed by atoms with Crippen molar-refractivity contribution in [3.05, 3.63) is 35.4 Å². The first-order valence-electron chi connectivity index (χ1n) is 4.53. The van der Waals surface area contributed by atoms with Gasteiger partial charge in [-0.05, 0) is 17.7 Å². The molecule has 0 atom stereocenters. The lowest BCUT2D eigenvalue weighted by molar-refractivity contribution is -0.137. The zero-order valence-corrected chi connectivity index (χ0v) is 8.25. The fourth-order valence-electron chi connectivity index (χ4n) is 1.12. The third kappa shape index (κ3) is 3.53. The molecule has 0 heterocycles. The zero-order valence-electron chi connectivity index (χ0n) is 8.25. The molecule has 1 N–H and O–H groups in total. The van der Waals surface area contributed by atoms with Gasteiger partial charge in [0.1, 0.15) is 0 Å². The number of alkyl halides is 3. The van der Waals surface area contributed by atoms with Crippen molar-refractivity contribution in [2.24, 2.45) is 0 Å². The van der Waals surface area contributed by atoms with Crippen molar-refractivity contribution in [1.29, 1.82) is 0 Å². The van der Waals surface area contributed by atoms with Gasteiger partial charge in [-0.2, -0.15) is 18.2 Å². The molecule has 0 unspecified atom stereocenters. The van der Waals surface area contributed by atoms with E-state index in [4.69, 9.17) is 5.21 Å². The highest BCUT2D eigenvalue weighted by atomic mass is 19.4. The summed E-state index contributed by atoms with van der Waals surface area (Å²) < 4.78 is 36.6. The summed E-state index contributed by atoms with van der Waals surface area (Å²) in [6.07, 6.45) is -4.30. The summed E-state index contributed by atoms with van der Waals surface area (Å²) in [6, 6.07) is 4.75. The van der Waals surface area contributed by atoms with Crippen LogP contribution in [0.4, 0.5) is 13.2 Å². The molecule has 5 heteroatoms. The zero-order chi connectivity index (χ0) is 11.5. The number of halogens is 3. The summed E-state index contributed by atoms with van der Waals surface area (Å²) in [5, 5.41) is 10.2. The lowest BCUT2D eigenvalue weighted by Gasteiger charge is -2.12. The summed E-state index contributed by atoms with van der Waals surface area (Å²) >= 11 is 0. The first-order chi connectivity index (χ1) is 6.93. The second kappa shape index (κ2) is 4.63. The Morgan fingerprint density at radius 2 is 1.73 bits per heavy atom. The predicted molar refractivity (Wildman–Crippen MR) is 49.3 cm³/mol. The van der Waals surface area contributed by atoms with Gasteiger partial charge in [-0.3, -0.25) is 0 Å². The Balaban J connectivity index is 2.73. The van der Waals surface area contributed by atoms with E-state index in [1.54, 1.807) is 6.92 Å². The Morgan fingerprint density at radius 3 is 2.13 bits per heavy atom. The molecule has 1 aromatic carbocycles. The van der Waals surface area contributed by atoms with Crippen LogP contribution in [0, 0.1) is 0 Å². The quantitative estimate of drug-likeness (QED) is 0.790. The molecule has 0 saturated heterocycles. The van der Waals surface area contributed by atoms with Crippen LogP contribution in [0.2, 0.25) is 0 Å². The van der Waals surface area contributed by atoms with E-state index >= 15 is 0 Å². The molecule has 0 aliphatic heterocycles. The third-order valence-corrected chi connectivity index (χ3v) is 2.01. The lowest BCUT2D eigenvalue weighted by atomic mass is 10.1. The highest BCUT2D eigenvalue weighted by Gasteiger charge is 2.29. The highest BCUT2D eigenvalue weighted by molar-refractivity contribution is 5.24. The molecule has 0 fully saturated rings. The maximum absolute atomic E-state index is 12.2. The van der Waals surface area contributed by atoms with Gasteiger partial charge in [0, 0.05) is 13.1 Å². The van der Waals surface area contributed by atoms with Gasteiger partial charge in [0.2, 0.25) is 0 Å². The Morgan fingerprint density at radius 1 is 1.20 bits per heavy atom. The molecule has 0 amide bonds. The first-order valence-corrected chi connectivity index (χ1v) is 4.53. The van der Waals surface area contributed by atoms with Gasteiger partial charge in [-0.15, -0.1) is 0 Å². The topological polar surface area (TPSA) is 23.5 Å². The van der Waals surface area contributed by atoms with Crippen LogP contribution in [0.25, 0.3) is 0 Å². The molecule has 0 aromatic heterocycles. The average molecular weight is 219 g/mol. The molecule has 0 saturated carbocycles. The van der Waals surface area contributed by atoms with E-state index in [9.17, 15) is 13.2 Å². The SMILES string of the molecule is CCN(O)Cc1ccc(C(F)(F)F)cc1. The van der Waals surface area contributed by atoms with Gasteiger partial charge in [0.25, 0.3) is 0 Å². The van der Waals surface area contributed by atoms with Crippen molar-refractivity contribution in [2.75, 3.05) is 6.54 Å². The molecular formula is C10H12F3NO. The monoisotopic (exact) mass is 219 g/mol. The fraction of sp³-hybridized carbons (Fsp3) is 0.400. The summed E-state index contributed by atoms with van der Waals surface area (Å²) in [5.41, 5.74) is -0.0282. The number of nitrogens with zero attached hydrogens (tertiary/aromatic N) is 1. The van der Waals surface area contributed by atoms with E-state index in [0.717, 1.165) is 17.2 Å². The molecule has 2 nitrogen and oxygen atoms in total. The molecule has 0 bridgehead atoms. The molecule has 1 rings (SSSR count). The maximum Gasteiger partial charge on any atom is 0.416 e. The van der Waals surface area contributed by atoms with E-state index < -0.39 is 11.7 Å². The standard InChI is InChI=1S/C10H12F3NO/c1-2-14(15)7-8-3-5-9(6-4-8)10(11,12)13/h3-6,15H,2,7H2,1H3. The van der Waals surface area contributed by atoms with E-state index in [1.165, 1.54) is 12.1 Å². The van der Waals surface area contributed by atoms with Crippen molar-refractivity contribution in [1.82, 2.24) is 5.06 Å². The Labute approximate surface area is 85.9 Å². The number of benzene rings is 1. The molecule has 84 valence electrons. The van der Waals surface area contributed by atoms with Crippen LogP contribution in [0.5, 0.6) is 0 Å². The van der Waals surface area contributed by atoms with Crippen LogP contribution in [-0.4, -0.2) is 16.8 Å². The first kappa shape index (κ1) is 12.0. The molecule has 1 aromatic rings. The minimum Gasteiger partial charge on any atom is -0.314 e. The average Bonchev–Trinajstić information content (AvgIpc) is 2.17. The van der Waals surface area contributed by atoms with Gasteiger partial charge in [0.05, 0.1) is 5.56 Å². The Kier molecular flexibility index (Phi) is 3.71. The Hall–Kier alpha value is -1.07. The van der Waals surface area contributed by atoms with Crippen molar-refractivity contribution >= 4 is 0 Å². The second-order valence-corrected chi connectivity index (χ2v) is 3.18. The second-order valence-electron chi connectivity index (χ2n) is 3.18. The van der Waals surface area contributed by atoms with Crippen LogP contribution in [0.15, 0.2) is 24.3 Å². The lowest BCUT2D eigenvalue weighted by Crippen LogP contribution is -2.17. The summed E-state index contributed by atoms with van der Waals surface area (Å²) in [6.45, 7) is 2.42. The molecule has 0 aliphatic rings. The van der Waals surface area contributed by atoms with Crippen molar-refractivity contribution in [3.63, 3.8) is 0 Å². The molecule has 15 heavy (non-hydrogen) atoms. The van der Waals surface area contributed by atoms with Gasteiger partial charge in [0.15, 0.2) is 0 Å². The largest absolute Gasteiger partial charge is 0.416 e. The number of hydrogen-bond acceptors (Lipinski definition) is 2. The van der Waals surface area contributed by atoms with Crippen LogP contribution in [0.3, 0.4) is 0 Å². The van der Waals surface area contributed by atoms with Crippen LogP contribution in [-0.2, 0) is 12.7 Å². The molecule has 0 spiro atoms. The molecular weight excluding hydrogens is 207 g/mol. The van der Waals surface area contributed by atoms with Crippen molar-refractivity contribution in [3.8, 4) is 0 Å². The van der Waals surface area contributed by atoms with Crippen LogP contribution < -0.4 is 0 Å². The van der Waals surface area contributed by atoms with Crippen molar-refractivity contribution < 1.29 is 18.4 Å². The normalized spacial score (nSPS) is 12.1. The van der Waals surface area contributed by atoms with Gasteiger partial charge < -0.3 is 5.21 Å². The third-order valence-electron chi connectivity index (χ3n) is 2.01. The van der Waals surface area contributed by atoms with E-state index in [2.05, 4.69) is 0 Å². The fourth-order valence-corrected chi connectivity index (χ4v) is 1.12. The summed E-state index contributed by atoms with van der Waals surface area (Å²) in [4.78, 5) is 0. The number of hydroxylamine groups is 2. The van der Waals surface area contributed by atoms with Gasteiger partial charge in [-0.25, -0.2) is 0 Å². The van der Waals surface area contributed by atoms with E-state index in [0.29, 0.717) is 12.1 Å². The highest BCUT2D eigenvalue weighted by Crippen LogP contribution is 2.29. The molecule has 0 aliphatic carbocycles. The maximum atomic E-state index is 12.2.